The van der Waals surface area contributed by atoms with Crippen LogP contribution >= 0.6 is 22.9 Å². The summed E-state index contributed by atoms with van der Waals surface area (Å²) in [5.74, 6) is -0.763. The number of carboxylic acids is 1. The van der Waals surface area contributed by atoms with Crippen LogP contribution in [0.15, 0.2) is 53.6 Å². The molecule has 2 aliphatic heterocycles. The van der Waals surface area contributed by atoms with Crippen LogP contribution in [0.5, 0.6) is 0 Å². The van der Waals surface area contributed by atoms with Crippen LogP contribution in [0, 0.1) is 11.3 Å². The number of amides is 1. The highest BCUT2D eigenvalue weighted by molar-refractivity contribution is 7.89. The normalized spacial score (nSPS) is 21.6. The van der Waals surface area contributed by atoms with Gasteiger partial charge in [-0.3, -0.25) is 4.79 Å². The number of rotatable bonds is 7. The van der Waals surface area contributed by atoms with Gasteiger partial charge in [0.05, 0.1) is 18.3 Å². The molecule has 2 saturated heterocycles. The quantitative estimate of drug-likeness (QED) is 0.314. The maximum atomic E-state index is 14.0. The van der Waals surface area contributed by atoms with Crippen LogP contribution in [0.3, 0.4) is 0 Å². The average molecular weight is 657 g/mol. The minimum Gasteiger partial charge on any atom is -0.477 e. The topological polar surface area (TPSA) is 111 Å². The summed E-state index contributed by atoms with van der Waals surface area (Å²) in [6.45, 7) is 5.85. The minimum absolute atomic E-state index is 0.0465. The zero-order valence-corrected chi connectivity index (χ0v) is 27.3. The van der Waals surface area contributed by atoms with Gasteiger partial charge in [-0.1, -0.05) is 56.8 Å². The Morgan fingerprint density at radius 1 is 1.09 bits per heavy atom. The van der Waals surface area contributed by atoms with Crippen LogP contribution in [0.1, 0.15) is 62.0 Å². The third kappa shape index (κ3) is 6.11. The zero-order chi connectivity index (χ0) is 31.2. The summed E-state index contributed by atoms with van der Waals surface area (Å²) >= 11 is 7.18. The lowest BCUT2D eigenvalue weighted by Gasteiger charge is -2.44. The smallest absolute Gasteiger partial charge is 0.348 e. The fourth-order valence-corrected chi connectivity index (χ4v) is 9.25. The number of pyridine rings is 1. The van der Waals surface area contributed by atoms with Crippen LogP contribution in [0.2, 0.25) is 5.02 Å². The number of carbonyl (C=O) groups is 2. The van der Waals surface area contributed by atoms with Crippen LogP contribution < -0.4 is 9.80 Å². The molecule has 1 N–H and O–H groups in total. The van der Waals surface area contributed by atoms with Crippen molar-refractivity contribution in [3.05, 3.63) is 58.6 Å². The van der Waals surface area contributed by atoms with Crippen molar-refractivity contribution in [3.8, 4) is 10.4 Å². The number of carboxylic acid groups (broad SMARTS) is 1. The summed E-state index contributed by atoms with van der Waals surface area (Å²) in [6.07, 6.45) is 7.19. The van der Waals surface area contributed by atoms with E-state index in [0.29, 0.717) is 15.6 Å². The fourth-order valence-electron chi connectivity index (χ4n) is 6.78. The third-order valence-electron chi connectivity index (χ3n) is 9.15. The number of benzene rings is 1. The maximum Gasteiger partial charge on any atom is 0.348 e. The van der Waals surface area contributed by atoms with Crippen LogP contribution in [-0.4, -0.2) is 66.9 Å². The molecule has 2 aromatic heterocycles. The Balaban J connectivity index is 1.32. The largest absolute Gasteiger partial charge is 0.477 e. The molecular formula is C32H37ClN4O5S2. The predicted octanol–water partition coefficient (Wildman–Crippen LogP) is 6.38. The van der Waals surface area contributed by atoms with E-state index in [-0.39, 0.29) is 34.2 Å². The summed E-state index contributed by atoms with van der Waals surface area (Å²) in [7, 11) is -4.02. The van der Waals surface area contributed by atoms with Crippen molar-refractivity contribution in [3.63, 3.8) is 0 Å². The van der Waals surface area contributed by atoms with Crippen molar-refractivity contribution in [1.29, 1.82) is 0 Å². The minimum atomic E-state index is -4.02. The lowest BCUT2D eigenvalue weighted by atomic mass is 9.82. The van der Waals surface area contributed by atoms with E-state index in [1.165, 1.54) is 10.5 Å². The summed E-state index contributed by atoms with van der Waals surface area (Å²) in [4.78, 5) is 35.5. The van der Waals surface area contributed by atoms with Gasteiger partial charge in [-0.25, -0.2) is 18.2 Å². The predicted molar refractivity (Wildman–Crippen MR) is 173 cm³/mol. The molecule has 9 nitrogen and oxygen atoms in total. The third-order valence-corrected chi connectivity index (χ3v) is 12.4. The van der Waals surface area contributed by atoms with E-state index >= 15 is 0 Å². The van der Waals surface area contributed by atoms with Gasteiger partial charge in [0, 0.05) is 35.7 Å². The Morgan fingerprint density at radius 2 is 1.82 bits per heavy atom. The number of piperazine rings is 1. The fraction of sp³-hybridized carbons (Fsp3) is 0.469. The highest BCUT2D eigenvalue weighted by atomic mass is 35.5. The van der Waals surface area contributed by atoms with E-state index in [1.54, 1.807) is 35.2 Å². The Kier molecular flexibility index (Phi) is 8.51. The molecule has 1 atom stereocenters. The van der Waals surface area contributed by atoms with Gasteiger partial charge in [0.1, 0.15) is 15.6 Å². The number of nitrogens with zero attached hydrogens (tertiary/aromatic N) is 4. The molecule has 4 heterocycles. The second-order valence-corrected chi connectivity index (χ2v) is 16.3. The average Bonchev–Trinajstić information content (AvgIpc) is 3.61. The number of thiophene rings is 1. The van der Waals surface area contributed by atoms with E-state index in [0.717, 1.165) is 74.3 Å². The molecule has 234 valence electrons. The van der Waals surface area contributed by atoms with E-state index < -0.39 is 27.9 Å². The van der Waals surface area contributed by atoms with E-state index in [9.17, 15) is 23.1 Å². The monoisotopic (exact) mass is 656 g/mol. The first-order chi connectivity index (χ1) is 20.9. The van der Waals surface area contributed by atoms with Crippen LogP contribution in [0.25, 0.3) is 10.4 Å². The van der Waals surface area contributed by atoms with E-state index in [2.05, 4.69) is 23.7 Å². The lowest BCUT2D eigenvalue weighted by molar-refractivity contribution is -0.121. The molecule has 44 heavy (non-hydrogen) atoms. The molecule has 6 rings (SSSR count). The highest BCUT2D eigenvalue weighted by Crippen LogP contribution is 2.42. The number of anilines is 2. The molecule has 0 bridgehead atoms. The molecule has 12 heteroatoms. The molecule has 3 aliphatic rings. The molecule has 0 spiro atoms. The number of carbonyl (C=O) groups excluding carboxylic acids is 1. The second kappa shape index (κ2) is 12.1. The maximum absolute atomic E-state index is 14.0. The Bertz CT molecular complexity index is 1650. The number of aromatic carboxylic acids is 1. The first kappa shape index (κ1) is 31.0. The number of hydrogen-bond donors (Lipinski definition) is 1. The van der Waals surface area contributed by atoms with Gasteiger partial charge in [0.2, 0.25) is 15.9 Å². The highest BCUT2D eigenvalue weighted by Gasteiger charge is 2.44. The Morgan fingerprint density at radius 3 is 2.43 bits per heavy atom. The van der Waals surface area contributed by atoms with Crippen LogP contribution in [-0.2, 0) is 14.8 Å². The molecular weight excluding hydrogens is 620 g/mol. The van der Waals surface area contributed by atoms with Crippen molar-refractivity contribution < 1.29 is 23.1 Å². The first-order valence-electron chi connectivity index (χ1n) is 15.1. The van der Waals surface area contributed by atoms with Gasteiger partial charge in [-0.15, -0.1) is 11.3 Å². The summed E-state index contributed by atoms with van der Waals surface area (Å²) in [6, 6.07) is 11.7. The zero-order valence-electron chi connectivity index (χ0n) is 24.9. The van der Waals surface area contributed by atoms with Crippen molar-refractivity contribution in [1.82, 2.24) is 9.29 Å². The van der Waals surface area contributed by atoms with Gasteiger partial charge >= 0.3 is 5.97 Å². The number of hydrogen-bond acceptors (Lipinski definition) is 7. The number of sulfonamides is 1. The molecule has 1 aromatic carbocycles. The number of halogens is 1. The van der Waals surface area contributed by atoms with Crippen molar-refractivity contribution >= 4 is 56.3 Å². The molecule has 0 radical (unpaired) electrons. The van der Waals surface area contributed by atoms with Crippen molar-refractivity contribution in [2.75, 3.05) is 36.0 Å². The van der Waals surface area contributed by atoms with Gasteiger partial charge in [-0.2, -0.15) is 4.31 Å². The van der Waals surface area contributed by atoms with Crippen molar-refractivity contribution in [2.24, 2.45) is 11.3 Å². The van der Waals surface area contributed by atoms with Gasteiger partial charge in [0.15, 0.2) is 0 Å². The van der Waals surface area contributed by atoms with E-state index in [1.807, 2.05) is 12.1 Å². The Hall–Kier alpha value is -2.99. The summed E-state index contributed by atoms with van der Waals surface area (Å²) in [5, 5.41) is 10.7. The van der Waals surface area contributed by atoms with Gasteiger partial charge in [0.25, 0.3) is 0 Å². The summed E-state index contributed by atoms with van der Waals surface area (Å²) in [5.41, 5.74) is 1.30. The lowest BCUT2D eigenvalue weighted by Crippen LogP contribution is -2.60. The van der Waals surface area contributed by atoms with Gasteiger partial charge < -0.3 is 14.9 Å². The first-order valence-corrected chi connectivity index (χ1v) is 17.7. The number of aromatic nitrogens is 1. The Labute approximate surface area is 267 Å². The SMILES string of the molecule is CC1(C)CCN(c2ccc(S(=O)(=O)N3CC(=O)N(c4cc(-c5ccc(Cl)cc5)sc4C(=O)O)C(C4CCCCC4)C3)cn2)C1. The molecule has 3 aromatic rings. The molecule has 1 saturated carbocycles. The molecule has 1 aliphatic carbocycles. The molecule has 3 fully saturated rings. The van der Waals surface area contributed by atoms with Crippen molar-refractivity contribution in [2.45, 2.75) is 63.3 Å². The molecule has 1 amide bonds. The van der Waals surface area contributed by atoms with Crippen LogP contribution in [0.4, 0.5) is 11.5 Å². The van der Waals surface area contributed by atoms with Gasteiger partial charge in [-0.05, 0) is 66.5 Å². The summed E-state index contributed by atoms with van der Waals surface area (Å²) < 4.78 is 29.1. The second-order valence-electron chi connectivity index (χ2n) is 12.9. The van der Waals surface area contributed by atoms with E-state index in [4.69, 9.17) is 11.6 Å². The standard InChI is InChI=1S/C32H37ClN4O5S2/c1-32(2)14-15-35(20-32)28-13-12-24(17-34-28)44(41,42)36-18-26(21-6-4-3-5-7-21)37(29(38)19-36)25-16-27(43-30(25)31(39)40)22-8-10-23(33)11-9-22/h8-13,16-17,21,26H,3-7,14-15,18-20H2,1-2H3,(H,39,40). The molecule has 1 unspecified atom stereocenters.